The number of benzene rings is 1. The van der Waals surface area contributed by atoms with Crippen LogP contribution in [0.25, 0.3) is 0 Å². The highest BCUT2D eigenvalue weighted by Crippen LogP contribution is 2.23. The molecule has 0 saturated carbocycles. The van der Waals surface area contributed by atoms with Crippen LogP contribution in [0.4, 0.5) is 0 Å². The minimum absolute atomic E-state index is 0.000920. The SMILES string of the molecule is COCCN(Cc1ccc(C)o1)C(=O)CN(C(=O)c1ccc(C(C)(C)C)cc1)C(C)C. The van der Waals surface area contributed by atoms with Gasteiger partial charge in [-0.3, -0.25) is 9.59 Å². The smallest absolute Gasteiger partial charge is 0.254 e. The van der Waals surface area contributed by atoms with Crippen LogP contribution in [-0.4, -0.2) is 54.5 Å². The predicted molar refractivity (Wildman–Crippen MR) is 122 cm³/mol. The first-order valence-corrected chi connectivity index (χ1v) is 10.8. The van der Waals surface area contributed by atoms with E-state index in [0.29, 0.717) is 31.0 Å². The van der Waals surface area contributed by atoms with Crippen molar-refractivity contribution in [3.8, 4) is 0 Å². The predicted octanol–water partition coefficient (Wildman–Crippen LogP) is 4.41. The molecule has 0 aliphatic carbocycles. The van der Waals surface area contributed by atoms with Crippen molar-refractivity contribution in [1.29, 1.82) is 0 Å². The van der Waals surface area contributed by atoms with Crippen molar-refractivity contribution < 1.29 is 18.7 Å². The van der Waals surface area contributed by atoms with Crippen LogP contribution in [0, 0.1) is 6.92 Å². The summed E-state index contributed by atoms with van der Waals surface area (Å²) in [5.41, 5.74) is 1.76. The summed E-state index contributed by atoms with van der Waals surface area (Å²) in [6.07, 6.45) is 0. The number of aryl methyl sites for hydroxylation is 1. The van der Waals surface area contributed by atoms with E-state index in [0.717, 1.165) is 11.3 Å². The topological polar surface area (TPSA) is 63.0 Å². The summed E-state index contributed by atoms with van der Waals surface area (Å²) in [5.74, 6) is 1.22. The van der Waals surface area contributed by atoms with Crippen LogP contribution < -0.4 is 0 Å². The van der Waals surface area contributed by atoms with Crippen molar-refractivity contribution in [3.05, 3.63) is 59.0 Å². The molecule has 0 N–H and O–H groups in total. The van der Waals surface area contributed by atoms with Gasteiger partial charge in [-0.05, 0) is 56.0 Å². The summed E-state index contributed by atoms with van der Waals surface area (Å²) in [7, 11) is 1.60. The molecule has 0 fully saturated rings. The first-order chi connectivity index (χ1) is 14.5. The van der Waals surface area contributed by atoms with E-state index in [1.165, 1.54) is 0 Å². The summed E-state index contributed by atoms with van der Waals surface area (Å²) in [5, 5.41) is 0. The van der Waals surface area contributed by atoms with Gasteiger partial charge in [0, 0.05) is 25.3 Å². The first kappa shape index (κ1) is 24.7. The Labute approximate surface area is 186 Å². The van der Waals surface area contributed by atoms with Crippen LogP contribution in [-0.2, 0) is 21.5 Å². The van der Waals surface area contributed by atoms with E-state index in [1.807, 2.05) is 57.2 Å². The lowest BCUT2D eigenvalue weighted by Crippen LogP contribution is -2.46. The third kappa shape index (κ3) is 6.96. The fourth-order valence-electron chi connectivity index (χ4n) is 3.26. The van der Waals surface area contributed by atoms with Gasteiger partial charge in [0.05, 0.1) is 13.2 Å². The van der Waals surface area contributed by atoms with Crippen molar-refractivity contribution >= 4 is 11.8 Å². The van der Waals surface area contributed by atoms with Gasteiger partial charge in [0.15, 0.2) is 0 Å². The monoisotopic (exact) mass is 428 g/mol. The molecule has 0 saturated heterocycles. The quantitative estimate of drug-likeness (QED) is 0.593. The third-order valence-corrected chi connectivity index (χ3v) is 5.25. The molecule has 0 bridgehead atoms. The van der Waals surface area contributed by atoms with Crippen molar-refractivity contribution in [2.75, 3.05) is 26.8 Å². The lowest BCUT2D eigenvalue weighted by molar-refractivity contribution is -0.133. The Hall–Kier alpha value is -2.60. The highest BCUT2D eigenvalue weighted by molar-refractivity contribution is 5.96. The number of methoxy groups -OCH3 is 1. The minimum atomic E-state index is -0.149. The maximum absolute atomic E-state index is 13.2. The molecule has 2 rings (SSSR count). The molecule has 2 amide bonds. The maximum atomic E-state index is 13.2. The molecule has 1 aromatic carbocycles. The average molecular weight is 429 g/mol. The van der Waals surface area contributed by atoms with E-state index in [1.54, 1.807) is 16.9 Å². The van der Waals surface area contributed by atoms with Gasteiger partial charge in [0.1, 0.15) is 18.1 Å². The Morgan fingerprint density at radius 3 is 2.19 bits per heavy atom. The molecular weight excluding hydrogens is 392 g/mol. The van der Waals surface area contributed by atoms with Gasteiger partial charge in [-0.15, -0.1) is 0 Å². The van der Waals surface area contributed by atoms with Gasteiger partial charge >= 0.3 is 0 Å². The number of hydrogen-bond acceptors (Lipinski definition) is 4. The summed E-state index contributed by atoms with van der Waals surface area (Å²) in [4.78, 5) is 29.6. The van der Waals surface area contributed by atoms with Crippen LogP contribution in [0.5, 0.6) is 0 Å². The normalized spacial score (nSPS) is 11.6. The Kier molecular flexibility index (Phi) is 8.45. The lowest BCUT2D eigenvalue weighted by atomic mass is 9.86. The molecule has 0 spiro atoms. The van der Waals surface area contributed by atoms with Gasteiger partial charge in [0.2, 0.25) is 5.91 Å². The van der Waals surface area contributed by atoms with E-state index in [2.05, 4.69) is 20.8 Å². The maximum Gasteiger partial charge on any atom is 0.254 e. The number of nitrogens with zero attached hydrogens (tertiary/aromatic N) is 2. The number of carbonyl (C=O) groups excluding carboxylic acids is 2. The highest BCUT2D eigenvalue weighted by atomic mass is 16.5. The van der Waals surface area contributed by atoms with E-state index in [-0.39, 0.29) is 29.8 Å². The molecule has 0 aliphatic heterocycles. The Balaban J connectivity index is 2.16. The zero-order chi connectivity index (χ0) is 23.2. The zero-order valence-electron chi connectivity index (χ0n) is 19.9. The molecule has 6 nitrogen and oxygen atoms in total. The molecule has 6 heteroatoms. The lowest BCUT2D eigenvalue weighted by Gasteiger charge is -2.30. The van der Waals surface area contributed by atoms with E-state index in [9.17, 15) is 9.59 Å². The third-order valence-electron chi connectivity index (χ3n) is 5.25. The average Bonchev–Trinajstić information content (AvgIpc) is 3.12. The number of furan rings is 1. The second-order valence-electron chi connectivity index (χ2n) is 9.17. The van der Waals surface area contributed by atoms with Crippen molar-refractivity contribution in [2.24, 2.45) is 0 Å². The standard InChI is InChI=1S/C25H36N2O4/c1-18(2)27(24(29)20-9-11-21(12-10-20)25(4,5)6)17-23(28)26(14-15-30-7)16-22-13-8-19(3)31-22/h8-13,18H,14-17H2,1-7H3. The summed E-state index contributed by atoms with van der Waals surface area (Å²) in [6.45, 7) is 13.3. The molecule has 170 valence electrons. The second-order valence-corrected chi connectivity index (χ2v) is 9.17. The molecule has 1 aromatic heterocycles. The van der Waals surface area contributed by atoms with Gasteiger partial charge in [-0.1, -0.05) is 32.9 Å². The van der Waals surface area contributed by atoms with Gasteiger partial charge < -0.3 is 19.0 Å². The van der Waals surface area contributed by atoms with E-state index < -0.39 is 0 Å². The minimum Gasteiger partial charge on any atom is -0.464 e. The Bertz CT molecular complexity index is 862. The van der Waals surface area contributed by atoms with Gasteiger partial charge in [0.25, 0.3) is 5.91 Å². The number of ether oxygens (including phenoxy) is 1. The summed E-state index contributed by atoms with van der Waals surface area (Å²) < 4.78 is 10.8. The van der Waals surface area contributed by atoms with Crippen molar-refractivity contribution in [1.82, 2.24) is 9.80 Å². The largest absolute Gasteiger partial charge is 0.464 e. The molecule has 1 heterocycles. The van der Waals surface area contributed by atoms with E-state index >= 15 is 0 Å². The zero-order valence-corrected chi connectivity index (χ0v) is 19.9. The van der Waals surface area contributed by atoms with E-state index in [4.69, 9.17) is 9.15 Å². The number of carbonyl (C=O) groups is 2. The molecule has 0 aliphatic rings. The number of rotatable bonds is 9. The molecule has 0 atom stereocenters. The summed E-state index contributed by atoms with van der Waals surface area (Å²) >= 11 is 0. The second kappa shape index (κ2) is 10.6. The molecule has 0 radical (unpaired) electrons. The Morgan fingerprint density at radius 2 is 1.71 bits per heavy atom. The molecule has 2 aromatic rings. The van der Waals surface area contributed by atoms with Crippen molar-refractivity contribution in [3.63, 3.8) is 0 Å². The van der Waals surface area contributed by atoms with Crippen LogP contribution in [0.1, 0.15) is 62.1 Å². The first-order valence-electron chi connectivity index (χ1n) is 10.8. The fraction of sp³-hybridized carbons (Fsp3) is 0.520. The molecule has 31 heavy (non-hydrogen) atoms. The summed E-state index contributed by atoms with van der Waals surface area (Å²) in [6, 6.07) is 11.3. The number of amides is 2. The fourth-order valence-corrected chi connectivity index (χ4v) is 3.26. The van der Waals surface area contributed by atoms with Crippen molar-refractivity contribution in [2.45, 2.75) is 59.5 Å². The van der Waals surface area contributed by atoms with Crippen LogP contribution >= 0.6 is 0 Å². The van der Waals surface area contributed by atoms with Crippen LogP contribution in [0.15, 0.2) is 40.8 Å². The highest BCUT2D eigenvalue weighted by Gasteiger charge is 2.25. The van der Waals surface area contributed by atoms with Crippen LogP contribution in [0.3, 0.4) is 0 Å². The Morgan fingerprint density at radius 1 is 1.06 bits per heavy atom. The van der Waals surface area contributed by atoms with Crippen LogP contribution in [0.2, 0.25) is 0 Å². The van der Waals surface area contributed by atoms with Gasteiger partial charge in [-0.25, -0.2) is 0 Å². The molecule has 0 unspecified atom stereocenters. The molecular formula is C25H36N2O4. The van der Waals surface area contributed by atoms with Gasteiger partial charge in [-0.2, -0.15) is 0 Å². The number of hydrogen-bond donors (Lipinski definition) is 0.